The van der Waals surface area contributed by atoms with Gasteiger partial charge in [0.1, 0.15) is 0 Å². The molecule has 1 aliphatic heterocycles. The molecule has 2 unspecified atom stereocenters. The summed E-state index contributed by atoms with van der Waals surface area (Å²) in [5.74, 6) is 0.697. The van der Waals surface area contributed by atoms with Crippen molar-refractivity contribution >= 4 is 17.5 Å². The molecule has 6 nitrogen and oxygen atoms in total. The summed E-state index contributed by atoms with van der Waals surface area (Å²) in [5, 5.41) is 6.99. The van der Waals surface area contributed by atoms with Crippen molar-refractivity contribution in [1.82, 2.24) is 14.7 Å². The fourth-order valence-corrected chi connectivity index (χ4v) is 3.63. The Kier molecular flexibility index (Phi) is 5.40. The number of nitrogens with zero attached hydrogens (tertiary/aromatic N) is 3. The Hall–Kier alpha value is -2.63. The lowest BCUT2D eigenvalue weighted by Crippen LogP contribution is -2.42. The van der Waals surface area contributed by atoms with Crippen molar-refractivity contribution in [2.24, 2.45) is 11.8 Å². The summed E-state index contributed by atoms with van der Waals surface area (Å²) in [4.78, 5) is 27.4. The molecule has 1 aromatic heterocycles. The van der Waals surface area contributed by atoms with Crippen LogP contribution in [0.5, 0.6) is 0 Å². The highest BCUT2D eigenvalue weighted by Crippen LogP contribution is 2.25. The van der Waals surface area contributed by atoms with Crippen LogP contribution in [0.25, 0.3) is 0 Å². The molecule has 0 spiro atoms. The van der Waals surface area contributed by atoms with Gasteiger partial charge >= 0.3 is 0 Å². The van der Waals surface area contributed by atoms with Gasteiger partial charge in [-0.15, -0.1) is 0 Å². The quantitative estimate of drug-likeness (QED) is 0.916. The highest BCUT2D eigenvalue weighted by atomic mass is 16.2. The average molecular weight is 354 g/mol. The number of carbonyl (C=O) groups excluding carboxylic acids is 2. The number of piperidine rings is 1. The van der Waals surface area contributed by atoms with Gasteiger partial charge in [0.25, 0.3) is 11.8 Å². The Balaban J connectivity index is 1.79. The van der Waals surface area contributed by atoms with Crippen LogP contribution in [0, 0.1) is 11.8 Å². The standard InChI is InChI=1S/C20H26N4O2/c1-4-24-13-16(10-21-24)19(25)22-18-8-6-5-7-17(18)20(26)23-11-14(2)9-15(3)12-23/h5-8,10,13-15H,4,9,11-12H2,1-3H3,(H,22,25). The molecule has 6 heteroatoms. The zero-order valence-electron chi connectivity index (χ0n) is 15.6. The van der Waals surface area contributed by atoms with Gasteiger partial charge in [-0.05, 0) is 37.3 Å². The number of carbonyl (C=O) groups is 2. The Labute approximate surface area is 154 Å². The molecular weight excluding hydrogens is 328 g/mol. The molecule has 0 radical (unpaired) electrons. The van der Waals surface area contributed by atoms with Gasteiger partial charge in [-0.1, -0.05) is 26.0 Å². The minimum absolute atomic E-state index is 0.0245. The first-order valence-corrected chi connectivity index (χ1v) is 9.20. The molecular formula is C20H26N4O2. The van der Waals surface area contributed by atoms with E-state index in [0.29, 0.717) is 35.2 Å². The van der Waals surface area contributed by atoms with Gasteiger partial charge in [0.15, 0.2) is 0 Å². The van der Waals surface area contributed by atoms with Crippen LogP contribution >= 0.6 is 0 Å². The van der Waals surface area contributed by atoms with E-state index in [9.17, 15) is 9.59 Å². The average Bonchev–Trinajstić information content (AvgIpc) is 3.10. The fourth-order valence-electron chi connectivity index (χ4n) is 3.63. The lowest BCUT2D eigenvalue weighted by Gasteiger charge is -2.35. The summed E-state index contributed by atoms with van der Waals surface area (Å²) in [6, 6.07) is 7.20. The smallest absolute Gasteiger partial charge is 0.258 e. The normalized spacial score (nSPS) is 20.0. The van der Waals surface area contributed by atoms with Crippen LogP contribution in [0.4, 0.5) is 5.69 Å². The van der Waals surface area contributed by atoms with E-state index in [2.05, 4.69) is 24.3 Å². The lowest BCUT2D eigenvalue weighted by molar-refractivity contribution is 0.0624. The number of nitrogens with one attached hydrogen (secondary N) is 1. The Bertz CT molecular complexity index is 789. The van der Waals surface area contributed by atoms with Crippen LogP contribution in [0.15, 0.2) is 36.7 Å². The minimum Gasteiger partial charge on any atom is -0.338 e. The molecule has 1 saturated heterocycles. The van der Waals surface area contributed by atoms with Gasteiger partial charge in [0, 0.05) is 25.8 Å². The second-order valence-corrected chi connectivity index (χ2v) is 7.24. The molecule has 2 amide bonds. The predicted octanol–water partition coefficient (Wildman–Crippen LogP) is 3.27. The molecule has 2 heterocycles. The lowest BCUT2D eigenvalue weighted by atomic mass is 9.91. The first-order valence-electron chi connectivity index (χ1n) is 9.20. The van der Waals surface area contributed by atoms with Crippen molar-refractivity contribution in [3.8, 4) is 0 Å². The number of rotatable bonds is 4. The van der Waals surface area contributed by atoms with Crippen LogP contribution in [-0.2, 0) is 6.54 Å². The summed E-state index contributed by atoms with van der Waals surface area (Å²) in [7, 11) is 0. The summed E-state index contributed by atoms with van der Waals surface area (Å²) >= 11 is 0. The molecule has 1 aliphatic rings. The van der Waals surface area contributed by atoms with E-state index in [1.165, 1.54) is 6.20 Å². The van der Waals surface area contributed by atoms with Gasteiger partial charge in [-0.2, -0.15) is 5.10 Å². The van der Waals surface area contributed by atoms with Crippen molar-refractivity contribution in [3.63, 3.8) is 0 Å². The number of aryl methyl sites for hydroxylation is 1. The molecule has 1 aromatic carbocycles. The maximum atomic E-state index is 13.0. The SMILES string of the molecule is CCn1cc(C(=O)Nc2ccccc2C(=O)N2CC(C)CC(C)C2)cn1. The third-order valence-corrected chi connectivity index (χ3v) is 4.78. The summed E-state index contributed by atoms with van der Waals surface area (Å²) in [6.07, 6.45) is 4.38. The molecule has 1 N–H and O–H groups in total. The molecule has 2 atom stereocenters. The van der Waals surface area contributed by atoms with Crippen molar-refractivity contribution in [1.29, 1.82) is 0 Å². The molecule has 138 valence electrons. The topological polar surface area (TPSA) is 67.2 Å². The molecule has 0 saturated carbocycles. The molecule has 3 rings (SSSR count). The van der Waals surface area contributed by atoms with E-state index in [1.54, 1.807) is 23.0 Å². The summed E-state index contributed by atoms with van der Waals surface area (Å²) in [5.41, 5.74) is 1.55. The number of hydrogen-bond acceptors (Lipinski definition) is 3. The van der Waals surface area contributed by atoms with Crippen LogP contribution in [0.1, 0.15) is 47.9 Å². The number of amides is 2. The van der Waals surface area contributed by atoms with Crippen molar-refractivity contribution < 1.29 is 9.59 Å². The monoisotopic (exact) mass is 354 g/mol. The van der Waals surface area contributed by atoms with Crippen LogP contribution in [0.3, 0.4) is 0 Å². The summed E-state index contributed by atoms with van der Waals surface area (Å²) in [6.45, 7) is 8.53. The molecule has 0 aliphatic carbocycles. The number of aromatic nitrogens is 2. The molecule has 2 aromatic rings. The number of para-hydroxylation sites is 1. The highest BCUT2D eigenvalue weighted by Gasteiger charge is 2.27. The van der Waals surface area contributed by atoms with E-state index in [4.69, 9.17) is 0 Å². The van der Waals surface area contributed by atoms with Crippen LogP contribution < -0.4 is 5.32 Å². The number of anilines is 1. The Morgan fingerprint density at radius 1 is 1.19 bits per heavy atom. The fraction of sp³-hybridized carbons (Fsp3) is 0.450. The minimum atomic E-state index is -0.259. The Morgan fingerprint density at radius 2 is 1.88 bits per heavy atom. The predicted molar refractivity (Wildman–Crippen MR) is 101 cm³/mol. The van der Waals surface area contributed by atoms with E-state index in [1.807, 2.05) is 24.0 Å². The van der Waals surface area contributed by atoms with Gasteiger partial charge in [-0.25, -0.2) is 0 Å². The second kappa shape index (κ2) is 7.72. The third kappa shape index (κ3) is 3.95. The molecule has 0 bridgehead atoms. The maximum absolute atomic E-state index is 13.0. The van der Waals surface area contributed by atoms with E-state index < -0.39 is 0 Å². The Morgan fingerprint density at radius 3 is 2.54 bits per heavy atom. The van der Waals surface area contributed by atoms with Gasteiger partial charge in [-0.3, -0.25) is 14.3 Å². The molecule has 26 heavy (non-hydrogen) atoms. The first-order chi connectivity index (χ1) is 12.5. The highest BCUT2D eigenvalue weighted by molar-refractivity contribution is 6.08. The van der Waals surface area contributed by atoms with E-state index in [-0.39, 0.29) is 11.8 Å². The van der Waals surface area contributed by atoms with Gasteiger partial charge in [0.05, 0.1) is 23.0 Å². The van der Waals surface area contributed by atoms with Gasteiger partial charge in [0.2, 0.25) is 0 Å². The zero-order valence-corrected chi connectivity index (χ0v) is 15.6. The van der Waals surface area contributed by atoms with Crippen LogP contribution in [-0.4, -0.2) is 39.6 Å². The van der Waals surface area contributed by atoms with Crippen molar-refractivity contribution in [2.45, 2.75) is 33.7 Å². The van der Waals surface area contributed by atoms with Gasteiger partial charge < -0.3 is 10.2 Å². The summed E-state index contributed by atoms with van der Waals surface area (Å²) < 4.78 is 1.70. The maximum Gasteiger partial charge on any atom is 0.258 e. The number of hydrogen-bond donors (Lipinski definition) is 1. The van der Waals surface area contributed by atoms with Crippen molar-refractivity contribution in [3.05, 3.63) is 47.8 Å². The first kappa shape index (κ1) is 18.2. The second-order valence-electron chi connectivity index (χ2n) is 7.24. The van der Waals surface area contributed by atoms with E-state index >= 15 is 0 Å². The van der Waals surface area contributed by atoms with Crippen LogP contribution in [0.2, 0.25) is 0 Å². The zero-order chi connectivity index (χ0) is 18.7. The van der Waals surface area contributed by atoms with E-state index in [0.717, 1.165) is 19.5 Å². The third-order valence-electron chi connectivity index (χ3n) is 4.78. The largest absolute Gasteiger partial charge is 0.338 e. The number of likely N-dealkylation sites (tertiary alicyclic amines) is 1. The molecule has 1 fully saturated rings. The van der Waals surface area contributed by atoms with Crippen molar-refractivity contribution in [2.75, 3.05) is 18.4 Å². The number of benzene rings is 1.